The van der Waals surface area contributed by atoms with Crippen molar-refractivity contribution in [2.75, 3.05) is 0 Å². The third kappa shape index (κ3) is 2.87. The normalized spacial score (nSPS) is 13.9. The molecule has 130 valence electrons. The molecule has 0 saturated heterocycles. The molecule has 0 radical (unpaired) electrons. The van der Waals surface area contributed by atoms with Crippen LogP contribution in [0.1, 0.15) is 16.7 Å². The van der Waals surface area contributed by atoms with E-state index >= 15 is 0 Å². The molecular weight excluding hydrogens is 358 g/mol. The summed E-state index contributed by atoms with van der Waals surface area (Å²) < 4.78 is 48.9. The van der Waals surface area contributed by atoms with Crippen molar-refractivity contribution < 1.29 is 21.2 Å². The molecule has 0 fully saturated rings. The maximum Gasteiger partial charge on any atom is 0.255 e. The minimum atomic E-state index is -5.42. The van der Waals surface area contributed by atoms with Crippen LogP contribution < -0.4 is 0 Å². The SMILES string of the molecule is Fc1ccc2c3c4c(cc2c1)-c1ccccc1[C+]4C=CC3.O=S(=O)([O-])F. The van der Waals surface area contributed by atoms with Gasteiger partial charge < -0.3 is 4.55 Å². The number of hydrogen-bond donors (Lipinski definition) is 0. The van der Waals surface area contributed by atoms with Crippen molar-refractivity contribution >= 4 is 21.3 Å². The van der Waals surface area contributed by atoms with Gasteiger partial charge in [-0.2, -0.15) is 0 Å². The van der Waals surface area contributed by atoms with E-state index < -0.39 is 10.5 Å². The van der Waals surface area contributed by atoms with Crippen LogP contribution >= 0.6 is 0 Å². The number of hydrogen-bond acceptors (Lipinski definition) is 3. The summed E-state index contributed by atoms with van der Waals surface area (Å²) in [6.45, 7) is 0. The van der Waals surface area contributed by atoms with Crippen LogP contribution in [0.4, 0.5) is 8.28 Å². The number of benzene rings is 3. The highest BCUT2D eigenvalue weighted by molar-refractivity contribution is 7.80. The van der Waals surface area contributed by atoms with E-state index in [0.29, 0.717) is 0 Å². The molecule has 3 aromatic carbocycles. The van der Waals surface area contributed by atoms with Gasteiger partial charge in [0.15, 0.2) is 0 Å². The lowest BCUT2D eigenvalue weighted by atomic mass is 9.84. The van der Waals surface area contributed by atoms with Gasteiger partial charge in [-0.3, -0.25) is 0 Å². The molecule has 3 nitrogen and oxygen atoms in total. The lowest BCUT2D eigenvalue weighted by molar-refractivity contribution is 0.417. The largest absolute Gasteiger partial charge is 0.722 e. The number of halogens is 2. The van der Waals surface area contributed by atoms with E-state index in [0.717, 1.165) is 11.8 Å². The van der Waals surface area contributed by atoms with E-state index in [9.17, 15) is 8.28 Å². The van der Waals surface area contributed by atoms with E-state index in [-0.39, 0.29) is 5.82 Å². The summed E-state index contributed by atoms with van der Waals surface area (Å²) in [5.41, 5.74) is 6.48. The van der Waals surface area contributed by atoms with Gasteiger partial charge in [0.1, 0.15) is 5.82 Å². The second-order valence-corrected chi connectivity index (χ2v) is 6.89. The smallest absolute Gasteiger partial charge is 0.255 e. The lowest BCUT2D eigenvalue weighted by Gasteiger charge is -2.14. The van der Waals surface area contributed by atoms with Crippen molar-refractivity contribution in [1.29, 1.82) is 0 Å². The Bertz CT molecular complexity index is 1160. The maximum absolute atomic E-state index is 13.6. The van der Waals surface area contributed by atoms with Crippen LogP contribution in [0.3, 0.4) is 0 Å². The second kappa shape index (κ2) is 5.93. The van der Waals surface area contributed by atoms with Crippen LogP contribution in [-0.2, 0) is 16.9 Å². The Morgan fingerprint density at radius 3 is 2.54 bits per heavy atom. The molecule has 2 aliphatic rings. The van der Waals surface area contributed by atoms with E-state index in [1.807, 2.05) is 6.07 Å². The fraction of sp³-hybridized carbons (Fsp3) is 0.0500. The zero-order valence-electron chi connectivity index (χ0n) is 13.4. The fourth-order valence-electron chi connectivity index (χ4n) is 3.74. The summed E-state index contributed by atoms with van der Waals surface area (Å²) in [5, 5.41) is 2.17. The quantitative estimate of drug-likeness (QED) is 0.334. The molecule has 0 saturated carbocycles. The Morgan fingerprint density at radius 1 is 1.04 bits per heavy atom. The highest BCUT2D eigenvalue weighted by atomic mass is 32.3. The molecule has 3 aromatic rings. The predicted octanol–water partition coefficient (Wildman–Crippen LogP) is 4.46. The van der Waals surface area contributed by atoms with Crippen molar-refractivity contribution in [3.63, 3.8) is 0 Å². The molecule has 0 aliphatic heterocycles. The number of rotatable bonds is 0. The molecule has 0 bridgehead atoms. The van der Waals surface area contributed by atoms with Gasteiger partial charge in [-0.1, -0.05) is 0 Å². The van der Waals surface area contributed by atoms with Gasteiger partial charge in [0.25, 0.3) is 10.5 Å². The average Bonchev–Trinajstić information content (AvgIpc) is 2.89. The van der Waals surface area contributed by atoms with E-state index in [2.05, 4.69) is 42.5 Å². The van der Waals surface area contributed by atoms with Crippen molar-refractivity contribution in [2.45, 2.75) is 6.42 Å². The monoisotopic (exact) mass is 370 g/mol. The molecule has 6 heteroatoms. The standard InChI is InChI=1S/C20H12F.FHO3S/c21-13-8-9-14-12(10-13)11-19-16-5-2-1-4-15(16)18-7-3-6-17(14)20(18)19;1-5(2,3)4/h1-5,7-11H,6H2;(H,2,3,4)/q+1;/p-1. The summed E-state index contributed by atoms with van der Waals surface area (Å²) in [5.74, 6) is 1.14. The summed E-state index contributed by atoms with van der Waals surface area (Å²) in [7, 11) is -5.42. The molecule has 26 heavy (non-hydrogen) atoms. The molecule has 2 aliphatic carbocycles. The van der Waals surface area contributed by atoms with Gasteiger partial charge in [-0.25, -0.2) is 12.8 Å². The molecule has 0 N–H and O–H groups in total. The number of allylic oxidation sites excluding steroid dienone is 2. The maximum atomic E-state index is 13.6. The Balaban J connectivity index is 0.000000301. The minimum Gasteiger partial charge on any atom is -0.722 e. The summed E-state index contributed by atoms with van der Waals surface area (Å²) in [6, 6.07) is 15.8. The first-order valence-electron chi connectivity index (χ1n) is 7.87. The zero-order chi connectivity index (χ0) is 18.5. The Kier molecular flexibility index (Phi) is 3.82. The van der Waals surface area contributed by atoms with E-state index in [4.69, 9.17) is 13.0 Å². The average molecular weight is 370 g/mol. The van der Waals surface area contributed by atoms with Crippen LogP contribution in [0.15, 0.2) is 60.7 Å². The molecule has 0 aromatic heterocycles. The topological polar surface area (TPSA) is 57.2 Å². The minimum absolute atomic E-state index is 0.170. The van der Waals surface area contributed by atoms with Crippen LogP contribution in [0, 0.1) is 11.7 Å². The molecule has 0 amide bonds. The van der Waals surface area contributed by atoms with Crippen molar-refractivity contribution in [3.05, 3.63) is 89.1 Å². The Morgan fingerprint density at radius 2 is 1.77 bits per heavy atom. The van der Waals surface area contributed by atoms with Gasteiger partial charge >= 0.3 is 0 Å². The molecule has 0 atom stereocenters. The lowest BCUT2D eigenvalue weighted by Crippen LogP contribution is -2.04. The highest BCUT2D eigenvalue weighted by Crippen LogP contribution is 2.50. The fourth-order valence-corrected chi connectivity index (χ4v) is 3.74. The highest BCUT2D eigenvalue weighted by Gasteiger charge is 2.38. The third-order valence-electron chi connectivity index (χ3n) is 4.59. The van der Waals surface area contributed by atoms with Gasteiger partial charge in [0.2, 0.25) is 0 Å². The summed E-state index contributed by atoms with van der Waals surface area (Å²) in [4.78, 5) is 0. The zero-order valence-corrected chi connectivity index (χ0v) is 14.2. The van der Waals surface area contributed by atoms with Crippen molar-refractivity contribution in [1.82, 2.24) is 0 Å². The van der Waals surface area contributed by atoms with Gasteiger partial charge in [0.05, 0.1) is 28.2 Å². The van der Waals surface area contributed by atoms with Crippen LogP contribution in [0.2, 0.25) is 0 Å². The first kappa shape index (κ1) is 16.8. The second-order valence-electron chi connectivity index (χ2n) is 6.10. The van der Waals surface area contributed by atoms with E-state index in [1.165, 1.54) is 39.1 Å². The molecular formula is C20H12F2O3S. The van der Waals surface area contributed by atoms with Gasteiger partial charge in [-0.05, 0) is 66.1 Å². The number of fused-ring (bicyclic) bond motifs is 5. The Hall–Kier alpha value is -2.70. The first-order chi connectivity index (χ1) is 12.3. The first-order valence-corrected chi connectivity index (χ1v) is 9.18. The molecule has 0 unspecified atom stereocenters. The molecule has 0 heterocycles. The van der Waals surface area contributed by atoms with E-state index in [1.54, 1.807) is 12.1 Å². The summed E-state index contributed by atoms with van der Waals surface area (Å²) >= 11 is 0. The third-order valence-corrected chi connectivity index (χ3v) is 4.59. The predicted molar refractivity (Wildman–Crippen MR) is 94.4 cm³/mol. The van der Waals surface area contributed by atoms with Gasteiger partial charge in [-0.15, -0.1) is 3.89 Å². The summed E-state index contributed by atoms with van der Waals surface area (Å²) in [6.07, 6.45) is 5.36. The van der Waals surface area contributed by atoms with Crippen LogP contribution in [-0.4, -0.2) is 13.0 Å². The van der Waals surface area contributed by atoms with Crippen molar-refractivity contribution in [3.8, 4) is 11.1 Å². The van der Waals surface area contributed by atoms with Crippen molar-refractivity contribution in [2.24, 2.45) is 0 Å². The van der Waals surface area contributed by atoms with Crippen LogP contribution in [0.25, 0.3) is 21.9 Å². The van der Waals surface area contributed by atoms with Gasteiger partial charge in [0, 0.05) is 17.4 Å². The Labute approximate surface area is 149 Å². The molecule has 0 spiro atoms. The van der Waals surface area contributed by atoms with Crippen LogP contribution in [0.5, 0.6) is 0 Å². The molecule has 5 rings (SSSR count).